The van der Waals surface area contributed by atoms with Crippen LogP contribution in [0, 0.1) is 0 Å². The second-order valence-corrected chi connectivity index (χ2v) is 4.12. The highest BCUT2D eigenvalue weighted by molar-refractivity contribution is 6.31. The maximum atomic E-state index is 10.1. The zero-order valence-electron chi connectivity index (χ0n) is 9.12. The Kier molecular flexibility index (Phi) is 2.97. The van der Waals surface area contributed by atoms with Crippen LogP contribution in [-0.2, 0) is 10.3 Å². The first-order valence-electron chi connectivity index (χ1n) is 4.83. The molecule has 1 aromatic rings. The van der Waals surface area contributed by atoms with Crippen molar-refractivity contribution >= 4 is 11.6 Å². The molecule has 0 amide bonds. The molecule has 0 atom stereocenters. The van der Waals surface area contributed by atoms with Crippen LogP contribution in [0.15, 0.2) is 12.1 Å². The number of hydrogen-bond donors (Lipinski definition) is 1. The van der Waals surface area contributed by atoms with Gasteiger partial charge in [0.1, 0.15) is 5.60 Å². The molecular weight excluding hydrogens is 232 g/mol. The zero-order valence-corrected chi connectivity index (χ0v) is 9.87. The van der Waals surface area contributed by atoms with Gasteiger partial charge in [-0.3, -0.25) is 0 Å². The minimum atomic E-state index is -1.00. The topological polar surface area (TPSA) is 47.9 Å². The van der Waals surface area contributed by atoms with Crippen LogP contribution >= 0.6 is 11.6 Å². The molecule has 0 bridgehead atoms. The van der Waals surface area contributed by atoms with Gasteiger partial charge in [-0.05, 0) is 6.07 Å². The van der Waals surface area contributed by atoms with Gasteiger partial charge in [-0.2, -0.15) is 0 Å². The number of rotatable bonds is 3. The monoisotopic (exact) mass is 244 g/mol. The Bertz CT molecular complexity index is 401. The molecule has 4 nitrogen and oxygen atoms in total. The van der Waals surface area contributed by atoms with Crippen molar-refractivity contribution in [3.63, 3.8) is 0 Å². The first kappa shape index (κ1) is 11.5. The molecule has 0 spiro atoms. The fraction of sp³-hybridized carbons (Fsp3) is 0.455. The zero-order chi connectivity index (χ0) is 11.8. The Hall–Kier alpha value is -0.970. The second-order valence-electron chi connectivity index (χ2n) is 3.71. The van der Waals surface area contributed by atoms with Crippen molar-refractivity contribution in [2.24, 2.45) is 0 Å². The lowest BCUT2D eigenvalue weighted by molar-refractivity contribution is -0.184. The van der Waals surface area contributed by atoms with Gasteiger partial charge in [0.15, 0.2) is 11.5 Å². The Morgan fingerprint density at radius 3 is 2.25 bits per heavy atom. The Morgan fingerprint density at radius 2 is 1.81 bits per heavy atom. The molecule has 1 N–H and O–H groups in total. The van der Waals surface area contributed by atoms with Crippen molar-refractivity contribution in [3.05, 3.63) is 22.7 Å². The molecule has 1 heterocycles. The molecule has 0 saturated carbocycles. The van der Waals surface area contributed by atoms with E-state index in [1.165, 1.54) is 14.2 Å². The van der Waals surface area contributed by atoms with Crippen molar-refractivity contribution in [2.45, 2.75) is 5.60 Å². The molecule has 0 unspecified atom stereocenters. The maximum Gasteiger partial charge on any atom is 0.162 e. The fourth-order valence-corrected chi connectivity index (χ4v) is 1.99. The first-order chi connectivity index (χ1) is 7.60. The highest BCUT2D eigenvalue weighted by atomic mass is 35.5. The second kappa shape index (κ2) is 4.13. The summed E-state index contributed by atoms with van der Waals surface area (Å²) in [5, 5.41) is 10.6. The summed E-state index contributed by atoms with van der Waals surface area (Å²) in [6, 6.07) is 3.32. The highest BCUT2D eigenvalue weighted by Gasteiger charge is 2.40. The van der Waals surface area contributed by atoms with Crippen molar-refractivity contribution in [3.8, 4) is 11.5 Å². The summed E-state index contributed by atoms with van der Waals surface area (Å²) in [7, 11) is 3.08. The molecule has 1 fully saturated rings. The average Bonchev–Trinajstić information content (AvgIpc) is 2.25. The molecule has 1 saturated heterocycles. The van der Waals surface area contributed by atoms with E-state index in [9.17, 15) is 5.11 Å². The molecule has 0 aliphatic carbocycles. The van der Waals surface area contributed by atoms with Crippen LogP contribution in [0.4, 0.5) is 0 Å². The summed E-state index contributed by atoms with van der Waals surface area (Å²) in [5.74, 6) is 1.09. The Balaban J connectivity index is 2.46. The van der Waals surface area contributed by atoms with Crippen molar-refractivity contribution in [1.29, 1.82) is 0 Å². The molecule has 16 heavy (non-hydrogen) atoms. The third-order valence-corrected chi connectivity index (χ3v) is 2.97. The lowest BCUT2D eigenvalue weighted by atomic mass is 9.92. The molecule has 1 aromatic carbocycles. The molecule has 2 rings (SSSR count). The van der Waals surface area contributed by atoms with E-state index in [1.54, 1.807) is 12.1 Å². The van der Waals surface area contributed by atoms with Gasteiger partial charge in [-0.15, -0.1) is 0 Å². The number of hydrogen-bond acceptors (Lipinski definition) is 4. The van der Waals surface area contributed by atoms with Crippen LogP contribution in [0.2, 0.25) is 5.02 Å². The highest BCUT2D eigenvalue weighted by Crippen LogP contribution is 2.40. The molecular formula is C11H13ClO4. The largest absolute Gasteiger partial charge is 0.493 e. The first-order valence-corrected chi connectivity index (χ1v) is 5.20. The lowest BCUT2D eigenvalue weighted by Crippen LogP contribution is -2.46. The molecule has 5 heteroatoms. The van der Waals surface area contributed by atoms with E-state index in [2.05, 4.69) is 0 Å². The summed E-state index contributed by atoms with van der Waals surface area (Å²) in [4.78, 5) is 0. The van der Waals surface area contributed by atoms with E-state index < -0.39 is 5.60 Å². The minimum absolute atomic E-state index is 0.252. The van der Waals surface area contributed by atoms with E-state index in [1.807, 2.05) is 0 Å². The predicted molar refractivity (Wildman–Crippen MR) is 59.3 cm³/mol. The average molecular weight is 245 g/mol. The van der Waals surface area contributed by atoms with E-state index in [-0.39, 0.29) is 13.2 Å². The van der Waals surface area contributed by atoms with Crippen molar-refractivity contribution in [2.75, 3.05) is 27.4 Å². The summed E-state index contributed by atoms with van der Waals surface area (Å²) < 4.78 is 15.3. The van der Waals surface area contributed by atoms with Gasteiger partial charge in [-0.25, -0.2) is 0 Å². The number of aliphatic hydroxyl groups is 1. The number of ether oxygens (including phenoxy) is 3. The standard InChI is InChI=1S/C11H13ClO4/c1-14-9-3-7(11(13)5-16-6-11)8(12)4-10(9)15-2/h3-4,13H,5-6H2,1-2H3. The van der Waals surface area contributed by atoms with Crippen molar-refractivity contribution < 1.29 is 19.3 Å². The molecule has 0 aromatic heterocycles. The Morgan fingerprint density at radius 1 is 1.25 bits per heavy atom. The molecule has 0 radical (unpaired) electrons. The van der Waals surface area contributed by atoms with Crippen molar-refractivity contribution in [1.82, 2.24) is 0 Å². The van der Waals surface area contributed by atoms with Crippen LogP contribution < -0.4 is 9.47 Å². The molecule has 1 aliphatic rings. The summed E-state index contributed by atoms with van der Waals surface area (Å²) >= 11 is 6.08. The van der Waals surface area contributed by atoms with Gasteiger partial charge < -0.3 is 19.3 Å². The van der Waals surface area contributed by atoms with Crippen LogP contribution in [0.25, 0.3) is 0 Å². The Labute approximate surface area is 98.7 Å². The summed E-state index contributed by atoms with van der Waals surface area (Å²) in [6.45, 7) is 0.504. The lowest BCUT2D eigenvalue weighted by Gasteiger charge is -2.37. The fourth-order valence-electron chi connectivity index (χ4n) is 1.66. The van der Waals surface area contributed by atoms with Gasteiger partial charge in [-0.1, -0.05) is 11.6 Å². The number of benzene rings is 1. The summed E-state index contributed by atoms with van der Waals surface area (Å²) in [5.41, 5.74) is -0.394. The smallest absolute Gasteiger partial charge is 0.162 e. The third kappa shape index (κ3) is 1.73. The van der Waals surface area contributed by atoms with Crippen LogP contribution in [-0.4, -0.2) is 32.5 Å². The van der Waals surface area contributed by atoms with Crippen LogP contribution in [0.1, 0.15) is 5.56 Å². The van der Waals surface area contributed by atoms with Crippen LogP contribution in [0.5, 0.6) is 11.5 Å². The SMILES string of the molecule is COc1cc(Cl)c(C2(O)COC2)cc1OC. The van der Waals surface area contributed by atoms with E-state index in [4.69, 9.17) is 25.8 Å². The van der Waals surface area contributed by atoms with Gasteiger partial charge >= 0.3 is 0 Å². The molecule has 1 aliphatic heterocycles. The number of methoxy groups -OCH3 is 2. The van der Waals surface area contributed by atoms with Gasteiger partial charge in [0.2, 0.25) is 0 Å². The third-order valence-electron chi connectivity index (χ3n) is 2.66. The van der Waals surface area contributed by atoms with E-state index in [0.29, 0.717) is 22.1 Å². The number of halogens is 1. The van der Waals surface area contributed by atoms with Gasteiger partial charge in [0.25, 0.3) is 0 Å². The van der Waals surface area contributed by atoms with E-state index in [0.717, 1.165) is 0 Å². The predicted octanol–water partition coefficient (Wildman–Crippen LogP) is 1.58. The van der Waals surface area contributed by atoms with E-state index >= 15 is 0 Å². The van der Waals surface area contributed by atoms with Gasteiger partial charge in [0, 0.05) is 11.6 Å². The summed E-state index contributed by atoms with van der Waals surface area (Å²) in [6.07, 6.45) is 0. The normalized spacial score (nSPS) is 17.8. The molecule has 88 valence electrons. The minimum Gasteiger partial charge on any atom is -0.493 e. The quantitative estimate of drug-likeness (QED) is 0.877. The maximum absolute atomic E-state index is 10.1. The van der Waals surface area contributed by atoms with Crippen LogP contribution in [0.3, 0.4) is 0 Å². The van der Waals surface area contributed by atoms with Gasteiger partial charge in [0.05, 0.1) is 32.5 Å².